The van der Waals surface area contributed by atoms with Crippen molar-refractivity contribution >= 4 is 17.7 Å². The van der Waals surface area contributed by atoms with Crippen LogP contribution >= 0.6 is 11.8 Å². The molecule has 1 atom stereocenters. The number of benzene rings is 1. The number of carbonyl (C=O) groups is 1. The third-order valence-electron chi connectivity index (χ3n) is 3.75. The van der Waals surface area contributed by atoms with Crippen LogP contribution in [0.4, 0.5) is 13.2 Å². The largest absolute Gasteiger partial charge is 0.416 e. The van der Waals surface area contributed by atoms with Gasteiger partial charge in [0.05, 0.1) is 23.1 Å². The van der Waals surface area contributed by atoms with Crippen LogP contribution in [-0.2, 0) is 16.7 Å². The molecule has 0 aliphatic carbocycles. The summed E-state index contributed by atoms with van der Waals surface area (Å²) in [5.74, 6) is 1.28. The predicted octanol–water partition coefficient (Wildman–Crippen LogP) is 4.42. The van der Waals surface area contributed by atoms with Crippen LogP contribution in [0, 0.1) is 13.8 Å². The number of hydrogen-bond acceptors (Lipinski definition) is 4. The summed E-state index contributed by atoms with van der Waals surface area (Å²) < 4.78 is 43.3. The molecule has 2 rings (SSSR count). The van der Waals surface area contributed by atoms with Crippen LogP contribution in [0.1, 0.15) is 41.1 Å². The van der Waals surface area contributed by atoms with Gasteiger partial charge >= 0.3 is 6.18 Å². The lowest BCUT2D eigenvalue weighted by Crippen LogP contribution is -2.28. The minimum Gasteiger partial charge on any atom is -0.361 e. The molecular weight excluding hydrogens is 353 g/mol. The van der Waals surface area contributed by atoms with E-state index < -0.39 is 17.8 Å². The van der Waals surface area contributed by atoms with Gasteiger partial charge in [0, 0.05) is 11.3 Å². The fourth-order valence-corrected chi connectivity index (χ4v) is 3.29. The molecule has 1 unspecified atom stereocenters. The average Bonchev–Trinajstić information content (AvgIpc) is 2.86. The Balaban J connectivity index is 1.88. The standard InChI is InChI=1S/C17H19F3N2O2S/c1-10(13-5-4-6-14(7-13)17(18,19)20)21-16(23)9-25-8-15-11(2)22-24-12(15)3/h4-7,10H,8-9H2,1-3H3,(H,21,23). The molecule has 0 bridgehead atoms. The monoisotopic (exact) mass is 372 g/mol. The highest BCUT2D eigenvalue weighted by Gasteiger charge is 2.30. The highest BCUT2D eigenvalue weighted by Crippen LogP contribution is 2.30. The Bertz CT molecular complexity index is 724. The van der Waals surface area contributed by atoms with E-state index in [9.17, 15) is 18.0 Å². The van der Waals surface area contributed by atoms with Crippen molar-refractivity contribution in [3.8, 4) is 0 Å². The van der Waals surface area contributed by atoms with Gasteiger partial charge in [0.2, 0.25) is 5.91 Å². The smallest absolute Gasteiger partial charge is 0.361 e. The Labute approximate surface area is 148 Å². The number of halogens is 3. The van der Waals surface area contributed by atoms with Gasteiger partial charge in [-0.15, -0.1) is 11.8 Å². The Morgan fingerprint density at radius 3 is 2.68 bits per heavy atom. The van der Waals surface area contributed by atoms with Crippen molar-refractivity contribution in [3.63, 3.8) is 0 Å². The summed E-state index contributed by atoms with van der Waals surface area (Å²) in [7, 11) is 0. The molecule has 0 spiro atoms. The third-order valence-corrected chi connectivity index (χ3v) is 4.71. The molecular formula is C17H19F3N2O2S. The van der Waals surface area contributed by atoms with E-state index in [-0.39, 0.29) is 11.7 Å². The molecule has 0 radical (unpaired) electrons. The van der Waals surface area contributed by atoms with Gasteiger partial charge < -0.3 is 9.84 Å². The molecule has 8 heteroatoms. The van der Waals surface area contributed by atoms with Gasteiger partial charge in [-0.2, -0.15) is 13.2 Å². The van der Waals surface area contributed by atoms with Crippen molar-refractivity contribution in [1.29, 1.82) is 0 Å². The minimum atomic E-state index is -4.40. The van der Waals surface area contributed by atoms with E-state index in [0.29, 0.717) is 11.3 Å². The molecule has 0 saturated carbocycles. The van der Waals surface area contributed by atoms with Gasteiger partial charge in [0.1, 0.15) is 5.76 Å². The quantitative estimate of drug-likeness (QED) is 0.816. The molecule has 0 fully saturated rings. The molecule has 1 heterocycles. The molecule has 0 aliphatic rings. The fraction of sp³-hybridized carbons (Fsp3) is 0.412. The molecule has 0 aliphatic heterocycles. The summed E-state index contributed by atoms with van der Waals surface area (Å²) >= 11 is 1.40. The number of amides is 1. The molecule has 1 N–H and O–H groups in total. The first-order valence-electron chi connectivity index (χ1n) is 7.64. The second kappa shape index (κ2) is 7.95. The van der Waals surface area contributed by atoms with E-state index in [2.05, 4.69) is 10.5 Å². The maximum Gasteiger partial charge on any atom is 0.416 e. The van der Waals surface area contributed by atoms with Crippen molar-refractivity contribution in [1.82, 2.24) is 10.5 Å². The van der Waals surface area contributed by atoms with Crippen molar-refractivity contribution in [3.05, 3.63) is 52.4 Å². The number of hydrogen-bond donors (Lipinski definition) is 1. The zero-order valence-electron chi connectivity index (χ0n) is 14.1. The fourth-order valence-electron chi connectivity index (χ4n) is 2.30. The number of aryl methyl sites for hydroxylation is 2. The predicted molar refractivity (Wildman–Crippen MR) is 90.1 cm³/mol. The Hall–Kier alpha value is -1.96. The number of carbonyl (C=O) groups excluding carboxylic acids is 1. The second-order valence-electron chi connectivity index (χ2n) is 5.71. The number of thioether (sulfide) groups is 1. The van der Waals surface area contributed by atoms with Crippen molar-refractivity contribution < 1.29 is 22.5 Å². The maximum absolute atomic E-state index is 12.8. The SMILES string of the molecule is Cc1noc(C)c1CSCC(=O)NC(C)c1cccc(C(F)(F)F)c1. The molecule has 0 saturated heterocycles. The summed E-state index contributed by atoms with van der Waals surface area (Å²) in [5, 5.41) is 6.57. The lowest BCUT2D eigenvalue weighted by atomic mass is 10.0. The third kappa shape index (κ3) is 5.26. The van der Waals surface area contributed by atoms with Crippen LogP contribution in [0.2, 0.25) is 0 Å². The van der Waals surface area contributed by atoms with Gasteiger partial charge in [0.15, 0.2) is 0 Å². The molecule has 1 amide bonds. The molecule has 25 heavy (non-hydrogen) atoms. The van der Waals surface area contributed by atoms with Crippen molar-refractivity contribution in [2.75, 3.05) is 5.75 Å². The minimum absolute atomic E-state index is 0.202. The summed E-state index contributed by atoms with van der Waals surface area (Å²) in [6.45, 7) is 5.31. The average molecular weight is 372 g/mol. The van der Waals surface area contributed by atoms with Gasteiger partial charge in [0.25, 0.3) is 0 Å². The van der Waals surface area contributed by atoms with E-state index in [1.165, 1.54) is 17.8 Å². The lowest BCUT2D eigenvalue weighted by Gasteiger charge is -2.16. The first kappa shape index (κ1) is 19.4. The van der Waals surface area contributed by atoms with Gasteiger partial charge in [-0.1, -0.05) is 17.3 Å². The van der Waals surface area contributed by atoms with E-state index in [1.807, 2.05) is 13.8 Å². The van der Waals surface area contributed by atoms with E-state index >= 15 is 0 Å². The molecule has 136 valence electrons. The molecule has 1 aromatic carbocycles. The van der Waals surface area contributed by atoms with Crippen LogP contribution < -0.4 is 5.32 Å². The number of nitrogens with zero attached hydrogens (tertiary/aromatic N) is 1. The zero-order valence-corrected chi connectivity index (χ0v) is 14.9. The summed E-state index contributed by atoms with van der Waals surface area (Å²) in [4.78, 5) is 12.0. The van der Waals surface area contributed by atoms with Crippen LogP contribution in [0.25, 0.3) is 0 Å². The summed E-state index contributed by atoms with van der Waals surface area (Å²) in [6.07, 6.45) is -4.40. The highest BCUT2D eigenvalue weighted by molar-refractivity contribution is 7.99. The molecule has 4 nitrogen and oxygen atoms in total. The van der Waals surface area contributed by atoms with Gasteiger partial charge in [-0.3, -0.25) is 4.79 Å². The van der Waals surface area contributed by atoms with Gasteiger partial charge in [-0.25, -0.2) is 0 Å². The Kier molecular flexibility index (Phi) is 6.16. The Morgan fingerprint density at radius 1 is 1.36 bits per heavy atom. The number of nitrogens with one attached hydrogen (secondary N) is 1. The van der Waals surface area contributed by atoms with E-state index in [4.69, 9.17) is 4.52 Å². The van der Waals surface area contributed by atoms with E-state index in [0.717, 1.165) is 29.2 Å². The van der Waals surface area contributed by atoms with Crippen LogP contribution in [0.5, 0.6) is 0 Å². The lowest BCUT2D eigenvalue weighted by molar-refractivity contribution is -0.137. The molecule has 1 aromatic heterocycles. The number of aromatic nitrogens is 1. The Morgan fingerprint density at radius 2 is 2.08 bits per heavy atom. The van der Waals surface area contributed by atoms with Crippen LogP contribution in [0.3, 0.4) is 0 Å². The van der Waals surface area contributed by atoms with Crippen LogP contribution in [0.15, 0.2) is 28.8 Å². The molecule has 2 aromatic rings. The topological polar surface area (TPSA) is 55.1 Å². The number of alkyl halides is 3. The van der Waals surface area contributed by atoms with Gasteiger partial charge in [-0.05, 0) is 38.5 Å². The first-order valence-corrected chi connectivity index (χ1v) is 8.80. The first-order chi connectivity index (χ1) is 11.7. The maximum atomic E-state index is 12.8. The normalized spacial score (nSPS) is 12.9. The summed E-state index contributed by atoms with van der Waals surface area (Å²) in [5.41, 5.74) is 1.45. The summed E-state index contributed by atoms with van der Waals surface area (Å²) in [6, 6.07) is 4.47. The second-order valence-corrected chi connectivity index (χ2v) is 6.69. The van der Waals surface area contributed by atoms with Crippen molar-refractivity contribution in [2.45, 2.75) is 38.7 Å². The van der Waals surface area contributed by atoms with Crippen LogP contribution in [-0.4, -0.2) is 16.8 Å². The number of rotatable bonds is 6. The van der Waals surface area contributed by atoms with Crippen molar-refractivity contribution in [2.24, 2.45) is 0 Å². The highest BCUT2D eigenvalue weighted by atomic mass is 32.2. The van der Waals surface area contributed by atoms with E-state index in [1.54, 1.807) is 13.0 Å². The zero-order chi connectivity index (χ0) is 18.6.